The zero-order valence-electron chi connectivity index (χ0n) is 6.75. The second-order valence-corrected chi connectivity index (χ2v) is 2.79. The summed E-state index contributed by atoms with van der Waals surface area (Å²) in [6.45, 7) is 2.53. The number of rotatable bonds is 4. The number of methoxy groups -OCH3 is 1. The van der Waals surface area contributed by atoms with Crippen molar-refractivity contribution in [1.82, 2.24) is 0 Å². The van der Waals surface area contributed by atoms with E-state index in [0.29, 0.717) is 29.5 Å². The Labute approximate surface area is 77.9 Å². The van der Waals surface area contributed by atoms with Crippen molar-refractivity contribution in [2.24, 2.45) is 0 Å². The summed E-state index contributed by atoms with van der Waals surface area (Å²) in [5.41, 5.74) is 0. The van der Waals surface area contributed by atoms with Crippen molar-refractivity contribution < 1.29 is 9.47 Å². The molecule has 0 aromatic rings. The van der Waals surface area contributed by atoms with Crippen LogP contribution in [0.3, 0.4) is 0 Å². The Morgan fingerprint density at radius 1 is 1.18 bits per heavy atom. The van der Waals surface area contributed by atoms with Crippen molar-refractivity contribution in [1.29, 1.82) is 0 Å². The van der Waals surface area contributed by atoms with E-state index in [1.165, 1.54) is 0 Å². The molecule has 0 N–H and O–H groups in total. The van der Waals surface area contributed by atoms with Gasteiger partial charge in [-0.05, 0) is 31.4 Å². The molecule has 0 saturated heterocycles. The smallest absolute Gasteiger partial charge is 0.160 e. The van der Waals surface area contributed by atoms with Crippen LogP contribution in [0.25, 0.3) is 0 Å². The summed E-state index contributed by atoms with van der Waals surface area (Å²) in [5, 5.41) is 1.18. The minimum Gasteiger partial charge on any atom is -0.490 e. The molecule has 0 aromatic heterocycles. The van der Waals surface area contributed by atoms with E-state index in [1.54, 1.807) is 7.11 Å². The van der Waals surface area contributed by atoms with Crippen LogP contribution in [-0.4, -0.2) is 23.8 Å². The fourth-order valence-corrected chi connectivity index (χ4v) is 0.861. The van der Waals surface area contributed by atoms with Gasteiger partial charge in [0.25, 0.3) is 0 Å². The van der Waals surface area contributed by atoms with Gasteiger partial charge in [0.2, 0.25) is 0 Å². The fraction of sp³-hybridized carbons (Fsp3) is 0.714. The zero-order chi connectivity index (χ0) is 8.69. The average Bonchev–Trinajstić information content (AvgIpc) is 2.01. The van der Waals surface area contributed by atoms with Crippen molar-refractivity contribution in [3.8, 4) is 0 Å². The predicted molar refractivity (Wildman–Crippen MR) is 53.1 cm³/mol. The van der Waals surface area contributed by atoms with Gasteiger partial charge in [0, 0.05) is 12.8 Å². The third kappa shape index (κ3) is 6.19. The summed E-state index contributed by atoms with van der Waals surface area (Å²) in [5.74, 6) is 0. The minimum atomic E-state index is 0.576. The normalized spacial score (nSPS) is 8.91. The molecule has 11 heavy (non-hydrogen) atoms. The summed E-state index contributed by atoms with van der Waals surface area (Å²) in [6, 6.07) is 0. The molecule has 64 valence electrons. The first-order valence-electron chi connectivity index (χ1n) is 3.43. The Hall–Kier alpha value is -0.220. The van der Waals surface area contributed by atoms with Gasteiger partial charge in [0.05, 0.1) is 13.7 Å². The number of ether oxygens (including phenoxy) is 2. The van der Waals surface area contributed by atoms with Crippen molar-refractivity contribution >= 4 is 34.5 Å². The molecule has 0 atom stereocenters. The van der Waals surface area contributed by atoms with E-state index < -0.39 is 0 Å². The SMILES string of the molecule is CCOC(=S)CCC(=S)OC. The highest BCUT2D eigenvalue weighted by atomic mass is 32.1. The maximum Gasteiger partial charge on any atom is 0.160 e. The Morgan fingerprint density at radius 2 is 1.73 bits per heavy atom. The molecule has 0 saturated carbocycles. The lowest BCUT2D eigenvalue weighted by molar-refractivity contribution is 0.326. The molecule has 0 bridgehead atoms. The molecule has 0 heterocycles. The molecule has 0 fully saturated rings. The fourth-order valence-electron chi connectivity index (χ4n) is 0.539. The molecular weight excluding hydrogens is 180 g/mol. The Kier molecular flexibility index (Phi) is 6.36. The largest absolute Gasteiger partial charge is 0.490 e. The zero-order valence-corrected chi connectivity index (χ0v) is 8.39. The monoisotopic (exact) mass is 192 g/mol. The summed E-state index contributed by atoms with van der Waals surface area (Å²) < 4.78 is 9.85. The minimum absolute atomic E-state index is 0.576. The highest BCUT2D eigenvalue weighted by Crippen LogP contribution is 1.98. The third-order valence-electron chi connectivity index (χ3n) is 1.07. The first-order valence-corrected chi connectivity index (χ1v) is 4.24. The molecule has 0 spiro atoms. The molecule has 0 amide bonds. The molecule has 0 aliphatic heterocycles. The van der Waals surface area contributed by atoms with Gasteiger partial charge in [-0.1, -0.05) is 0 Å². The molecule has 0 radical (unpaired) electrons. The highest BCUT2D eigenvalue weighted by Gasteiger charge is 1.99. The predicted octanol–water partition coefficient (Wildman–Crippen LogP) is 2.10. The van der Waals surface area contributed by atoms with Gasteiger partial charge in [-0.2, -0.15) is 0 Å². The van der Waals surface area contributed by atoms with Crippen molar-refractivity contribution in [3.63, 3.8) is 0 Å². The van der Waals surface area contributed by atoms with E-state index in [9.17, 15) is 0 Å². The van der Waals surface area contributed by atoms with E-state index in [1.807, 2.05) is 6.92 Å². The van der Waals surface area contributed by atoms with E-state index >= 15 is 0 Å². The summed E-state index contributed by atoms with van der Waals surface area (Å²) in [6.07, 6.45) is 1.35. The van der Waals surface area contributed by atoms with Crippen LogP contribution < -0.4 is 0 Å². The van der Waals surface area contributed by atoms with Crippen LogP contribution >= 0.6 is 24.4 Å². The molecule has 0 aromatic carbocycles. The first-order chi connectivity index (χ1) is 5.20. The van der Waals surface area contributed by atoms with Crippen molar-refractivity contribution in [2.45, 2.75) is 19.8 Å². The quantitative estimate of drug-likeness (QED) is 0.635. The molecule has 0 aliphatic rings. The third-order valence-corrected chi connectivity index (χ3v) is 1.76. The lowest BCUT2D eigenvalue weighted by Crippen LogP contribution is -2.05. The Bertz CT molecular complexity index is 145. The molecule has 4 heteroatoms. The number of hydrogen-bond donors (Lipinski definition) is 0. The maximum atomic E-state index is 5.05. The van der Waals surface area contributed by atoms with E-state index in [0.717, 1.165) is 0 Å². The van der Waals surface area contributed by atoms with Crippen LogP contribution in [0.1, 0.15) is 19.8 Å². The van der Waals surface area contributed by atoms with Gasteiger partial charge < -0.3 is 9.47 Å². The second-order valence-electron chi connectivity index (χ2n) is 1.88. The average molecular weight is 192 g/mol. The van der Waals surface area contributed by atoms with E-state index in [-0.39, 0.29) is 0 Å². The highest BCUT2D eigenvalue weighted by molar-refractivity contribution is 7.80. The first kappa shape index (κ1) is 10.8. The number of thiocarbonyl (C=S) groups is 2. The lowest BCUT2D eigenvalue weighted by atomic mass is 10.3. The van der Waals surface area contributed by atoms with E-state index in [4.69, 9.17) is 33.9 Å². The summed E-state index contributed by atoms with van der Waals surface area (Å²) >= 11 is 9.70. The van der Waals surface area contributed by atoms with Crippen molar-refractivity contribution in [3.05, 3.63) is 0 Å². The van der Waals surface area contributed by atoms with Crippen molar-refractivity contribution in [2.75, 3.05) is 13.7 Å². The summed E-state index contributed by atoms with van der Waals surface area (Å²) in [4.78, 5) is 0. The van der Waals surface area contributed by atoms with Crippen LogP contribution in [0.15, 0.2) is 0 Å². The molecular formula is C7H12O2S2. The van der Waals surface area contributed by atoms with Crippen LogP contribution in [0.2, 0.25) is 0 Å². The van der Waals surface area contributed by atoms with Crippen LogP contribution in [0.4, 0.5) is 0 Å². The Balaban J connectivity index is 3.38. The van der Waals surface area contributed by atoms with Gasteiger partial charge in [-0.25, -0.2) is 0 Å². The van der Waals surface area contributed by atoms with Gasteiger partial charge in [-0.15, -0.1) is 0 Å². The molecule has 0 rings (SSSR count). The molecule has 0 aliphatic carbocycles. The van der Waals surface area contributed by atoms with Crippen LogP contribution in [0, 0.1) is 0 Å². The standard InChI is InChI=1S/C7H12O2S2/c1-3-9-7(11)5-4-6(10)8-2/h3-5H2,1-2H3. The topological polar surface area (TPSA) is 18.5 Å². The second kappa shape index (κ2) is 6.49. The van der Waals surface area contributed by atoms with Crippen LogP contribution in [-0.2, 0) is 9.47 Å². The van der Waals surface area contributed by atoms with Crippen LogP contribution in [0.5, 0.6) is 0 Å². The van der Waals surface area contributed by atoms with E-state index in [2.05, 4.69) is 0 Å². The Morgan fingerprint density at radius 3 is 2.18 bits per heavy atom. The lowest BCUT2D eigenvalue weighted by Gasteiger charge is -2.04. The number of hydrogen-bond acceptors (Lipinski definition) is 4. The van der Waals surface area contributed by atoms with Gasteiger partial charge in [0.15, 0.2) is 10.1 Å². The van der Waals surface area contributed by atoms with Gasteiger partial charge in [0.1, 0.15) is 0 Å². The molecule has 0 unspecified atom stereocenters. The summed E-state index contributed by atoms with van der Waals surface area (Å²) in [7, 11) is 1.56. The molecule has 2 nitrogen and oxygen atoms in total. The van der Waals surface area contributed by atoms with Gasteiger partial charge >= 0.3 is 0 Å². The maximum absolute atomic E-state index is 5.05. The van der Waals surface area contributed by atoms with Gasteiger partial charge in [-0.3, -0.25) is 0 Å².